The maximum absolute atomic E-state index is 11.9. The number of thiophene rings is 1. The van der Waals surface area contributed by atoms with E-state index in [4.69, 9.17) is 4.84 Å². The summed E-state index contributed by atoms with van der Waals surface area (Å²) < 4.78 is 0. The third kappa shape index (κ3) is 4.09. The Morgan fingerprint density at radius 2 is 2.16 bits per heavy atom. The van der Waals surface area contributed by atoms with Gasteiger partial charge in [-0.2, -0.15) is 0 Å². The fourth-order valence-corrected chi connectivity index (χ4v) is 3.34. The van der Waals surface area contributed by atoms with Gasteiger partial charge in [-0.25, -0.2) is 5.48 Å². The van der Waals surface area contributed by atoms with Crippen LogP contribution < -0.4 is 5.48 Å². The van der Waals surface area contributed by atoms with E-state index in [1.165, 1.54) is 4.88 Å². The van der Waals surface area contributed by atoms with Crippen LogP contribution >= 0.6 is 23.1 Å². The first-order valence-electron chi connectivity index (χ1n) is 5.97. The van der Waals surface area contributed by atoms with Gasteiger partial charge >= 0.3 is 0 Å². The topological polar surface area (TPSA) is 38.3 Å². The molecule has 0 fully saturated rings. The Balaban J connectivity index is 2.05. The summed E-state index contributed by atoms with van der Waals surface area (Å²) in [5, 5.41) is 2.06. The molecule has 0 saturated heterocycles. The minimum atomic E-state index is -0.198. The molecule has 3 nitrogen and oxygen atoms in total. The summed E-state index contributed by atoms with van der Waals surface area (Å²) in [5.74, 6) is 0.674. The lowest BCUT2D eigenvalue weighted by Crippen LogP contribution is -2.24. The highest BCUT2D eigenvalue weighted by atomic mass is 32.2. The molecule has 2 rings (SSSR count). The number of hydrogen-bond acceptors (Lipinski definition) is 4. The van der Waals surface area contributed by atoms with Gasteiger partial charge in [-0.1, -0.05) is 18.2 Å². The second-order valence-electron chi connectivity index (χ2n) is 3.73. The lowest BCUT2D eigenvalue weighted by atomic mass is 10.2. The Kier molecular flexibility index (Phi) is 5.44. The number of carbonyl (C=O) groups excluding carboxylic acids is 1. The van der Waals surface area contributed by atoms with Gasteiger partial charge in [0.1, 0.15) is 0 Å². The van der Waals surface area contributed by atoms with Crippen LogP contribution in [-0.4, -0.2) is 12.5 Å². The minimum Gasteiger partial charge on any atom is -0.274 e. The number of nitrogens with one attached hydrogen (secondary N) is 1. The zero-order valence-corrected chi connectivity index (χ0v) is 12.2. The fraction of sp³-hybridized carbons (Fsp3) is 0.214. The van der Waals surface area contributed by atoms with Gasteiger partial charge in [-0.15, -0.1) is 23.1 Å². The SMILES string of the molecule is CCONC(=O)c1ccccc1SCc1cccs1. The van der Waals surface area contributed by atoms with Gasteiger partial charge in [0.25, 0.3) is 5.91 Å². The van der Waals surface area contributed by atoms with Crippen LogP contribution in [-0.2, 0) is 10.6 Å². The van der Waals surface area contributed by atoms with Crippen molar-refractivity contribution >= 4 is 29.0 Å². The third-order valence-electron chi connectivity index (χ3n) is 2.39. The van der Waals surface area contributed by atoms with E-state index in [1.807, 2.05) is 37.3 Å². The quantitative estimate of drug-likeness (QED) is 0.651. The number of carbonyl (C=O) groups is 1. The van der Waals surface area contributed by atoms with Gasteiger partial charge < -0.3 is 0 Å². The van der Waals surface area contributed by atoms with Crippen molar-refractivity contribution in [2.24, 2.45) is 0 Å². The summed E-state index contributed by atoms with van der Waals surface area (Å²) in [6, 6.07) is 11.7. The molecule has 0 saturated carbocycles. The Labute approximate surface area is 120 Å². The van der Waals surface area contributed by atoms with E-state index in [0.29, 0.717) is 12.2 Å². The van der Waals surface area contributed by atoms with E-state index in [0.717, 1.165) is 10.6 Å². The summed E-state index contributed by atoms with van der Waals surface area (Å²) in [5.41, 5.74) is 3.08. The van der Waals surface area contributed by atoms with Gasteiger partial charge in [0, 0.05) is 15.5 Å². The van der Waals surface area contributed by atoms with Crippen molar-refractivity contribution < 1.29 is 9.63 Å². The van der Waals surface area contributed by atoms with Crippen LogP contribution in [0.1, 0.15) is 22.2 Å². The van der Waals surface area contributed by atoms with Crippen LogP contribution in [0.3, 0.4) is 0 Å². The largest absolute Gasteiger partial charge is 0.275 e. The maximum Gasteiger partial charge on any atom is 0.275 e. The van der Waals surface area contributed by atoms with Crippen LogP contribution in [0.25, 0.3) is 0 Å². The minimum absolute atomic E-state index is 0.198. The highest BCUT2D eigenvalue weighted by Gasteiger charge is 2.11. The van der Waals surface area contributed by atoms with Crippen molar-refractivity contribution in [3.05, 3.63) is 52.2 Å². The molecule has 1 amide bonds. The normalized spacial score (nSPS) is 10.4. The monoisotopic (exact) mass is 293 g/mol. The molecule has 0 atom stereocenters. The third-order valence-corrected chi connectivity index (χ3v) is 4.57. The Hall–Kier alpha value is -1.30. The van der Waals surface area contributed by atoms with Gasteiger partial charge in [-0.3, -0.25) is 9.63 Å². The number of rotatable bonds is 6. The fourth-order valence-electron chi connectivity index (χ4n) is 1.52. The zero-order valence-electron chi connectivity index (χ0n) is 10.6. The van der Waals surface area contributed by atoms with E-state index < -0.39 is 0 Å². The average molecular weight is 293 g/mol. The summed E-state index contributed by atoms with van der Waals surface area (Å²) in [6.07, 6.45) is 0. The highest BCUT2D eigenvalue weighted by molar-refractivity contribution is 7.98. The van der Waals surface area contributed by atoms with Crippen molar-refractivity contribution in [1.82, 2.24) is 5.48 Å². The Morgan fingerprint density at radius 1 is 1.32 bits per heavy atom. The van der Waals surface area contributed by atoms with Gasteiger partial charge in [0.2, 0.25) is 0 Å². The lowest BCUT2D eigenvalue weighted by molar-refractivity contribution is 0.0362. The van der Waals surface area contributed by atoms with E-state index >= 15 is 0 Å². The summed E-state index contributed by atoms with van der Waals surface area (Å²) in [4.78, 5) is 19.1. The molecule has 5 heteroatoms. The Morgan fingerprint density at radius 3 is 2.89 bits per heavy atom. The first-order valence-corrected chi connectivity index (χ1v) is 7.84. The molecule has 0 aliphatic carbocycles. The summed E-state index contributed by atoms with van der Waals surface area (Å²) in [6.45, 7) is 2.29. The van der Waals surface area contributed by atoms with Crippen LogP contribution in [0.4, 0.5) is 0 Å². The molecule has 1 aromatic carbocycles. The molecule has 100 valence electrons. The van der Waals surface area contributed by atoms with Crippen molar-refractivity contribution in [2.75, 3.05) is 6.61 Å². The van der Waals surface area contributed by atoms with E-state index in [9.17, 15) is 4.79 Å². The second-order valence-corrected chi connectivity index (χ2v) is 5.78. The van der Waals surface area contributed by atoms with Crippen molar-refractivity contribution in [3.8, 4) is 0 Å². The number of thioether (sulfide) groups is 1. The van der Waals surface area contributed by atoms with Crippen molar-refractivity contribution in [3.63, 3.8) is 0 Å². The molecule has 1 N–H and O–H groups in total. The molecule has 0 radical (unpaired) electrons. The molecule has 0 aliphatic rings. The molecule has 0 bridgehead atoms. The predicted molar refractivity (Wildman–Crippen MR) is 79.4 cm³/mol. The first-order chi connectivity index (χ1) is 9.31. The average Bonchev–Trinajstić information content (AvgIpc) is 2.96. The van der Waals surface area contributed by atoms with Crippen LogP contribution in [0.15, 0.2) is 46.7 Å². The molecule has 0 aliphatic heterocycles. The van der Waals surface area contributed by atoms with E-state index in [2.05, 4.69) is 16.9 Å². The molecule has 0 unspecified atom stereocenters. The number of hydrogen-bond donors (Lipinski definition) is 1. The number of benzene rings is 1. The van der Waals surface area contributed by atoms with Gasteiger partial charge in [0.15, 0.2) is 0 Å². The van der Waals surface area contributed by atoms with Crippen LogP contribution in [0.5, 0.6) is 0 Å². The van der Waals surface area contributed by atoms with Gasteiger partial charge in [-0.05, 0) is 30.5 Å². The molecule has 1 aromatic heterocycles. The Bertz CT molecular complexity index is 526. The second kappa shape index (κ2) is 7.33. The molecule has 1 heterocycles. The highest BCUT2D eigenvalue weighted by Crippen LogP contribution is 2.27. The molecule has 0 spiro atoms. The van der Waals surface area contributed by atoms with Crippen LogP contribution in [0, 0.1) is 0 Å². The summed E-state index contributed by atoms with van der Waals surface area (Å²) in [7, 11) is 0. The van der Waals surface area contributed by atoms with E-state index in [-0.39, 0.29) is 5.91 Å². The zero-order chi connectivity index (χ0) is 13.5. The molecular formula is C14H15NO2S2. The number of amides is 1. The molecular weight excluding hydrogens is 278 g/mol. The standard InChI is InChI=1S/C14H15NO2S2/c1-2-17-15-14(16)12-7-3-4-8-13(12)19-10-11-6-5-9-18-11/h3-9H,2,10H2,1H3,(H,15,16). The maximum atomic E-state index is 11.9. The van der Waals surface area contributed by atoms with Crippen molar-refractivity contribution in [2.45, 2.75) is 17.6 Å². The van der Waals surface area contributed by atoms with Crippen molar-refractivity contribution in [1.29, 1.82) is 0 Å². The van der Waals surface area contributed by atoms with Crippen LogP contribution in [0.2, 0.25) is 0 Å². The first kappa shape index (κ1) is 14.1. The number of hydroxylamine groups is 1. The van der Waals surface area contributed by atoms with Gasteiger partial charge in [0.05, 0.1) is 12.2 Å². The smallest absolute Gasteiger partial charge is 0.274 e. The van der Waals surface area contributed by atoms with E-state index in [1.54, 1.807) is 23.1 Å². The molecule has 2 aromatic rings. The summed E-state index contributed by atoms with van der Waals surface area (Å²) >= 11 is 3.38. The molecule has 19 heavy (non-hydrogen) atoms. The lowest BCUT2D eigenvalue weighted by Gasteiger charge is -2.08. The predicted octanol–water partition coefficient (Wildman–Crippen LogP) is 3.72.